The Balaban J connectivity index is 1.54. The lowest BCUT2D eigenvalue weighted by atomic mass is 9.90. The molecule has 2 aromatic rings. The topological polar surface area (TPSA) is 53.4 Å². The zero-order valence-corrected chi connectivity index (χ0v) is 15.1. The van der Waals surface area contributed by atoms with E-state index in [4.69, 9.17) is 0 Å². The van der Waals surface area contributed by atoms with Crippen molar-refractivity contribution in [1.82, 2.24) is 9.88 Å². The van der Waals surface area contributed by atoms with E-state index in [-0.39, 0.29) is 11.8 Å². The van der Waals surface area contributed by atoms with Crippen LogP contribution in [0.1, 0.15) is 39.4 Å². The number of rotatable bonds is 4. The molecule has 3 rings (SSSR count). The maximum absolute atomic E-state index is 12.5. The average Bonchev–Trinajstić information content (AvgIpc) is 3.17. The first kappa shape index (κ1) is 16.6. The number of aliphatic hydroxyl groups is 1. The van der Waals surface area contributed by atoms with Gasteiger partial charge in [-0.1, -0.05) is 6.07 Å². The second-order valence-electron chi connectivity index (χ2n) is 6.10. The van der Waals surface area contributed by atoms with Gasteiger partial charge in [0.1, 0.15) is 0 Å². The second kappa shape index (κ2) is 7.11. The Morgan fingerprint density at radius 2 is 2.17 bits per heavy atom. The van der Waals surface area contributed by atoms with Gasteiger partial charge in [-0.2, -0.15) is 0 Å². The Hall–Kier alpha value is -1.24. The van der Waals surface area contributed by atoms with E-state index in [0.29, 0.717) is 6.42 Å². The number of hydrogen-bond donors (Lipinski definition) is 1. The molecule has 2 aromatic heterocycles. The first-order valence-electron chi connectivity index (χ1n) is 7.96. The molecular formula is C17H22N2O2S2. The normalized spacial score (nSPS) is 17.4. The first-order chi connectivity index (χ1) is 11.0. The number of aryl methyl sites for hydroxylation is 2. The predicted octanol–water partition coefficient (Wildman–Crippen LogP) is 3.34. The quantitative estimate of drug-likeness (QED) is 0.920. The van der Waals surface area contributed by atoms with Crippen LogP contribution in [0.2, 0.25) is 0 Å². The second-order valence-corrected chi connectivity index (χ2v) is 8.36. The SMILES string of the molecule is Cc1nc(C)c(CC(=O)N2CCC(C(O)c3cccs3)CC2)s1. The molecule has 0 aliphatic carbocycles. The highest BCUT2D eigenvalue weighted by Gasteiger charge is 2.29. The van der Waals surface area contributed by atoms with Gasteiger partial charge in [0, 0.05) is 22.8 Å². The number of thiazole rings is 1. The number of aliphatic hydroxyl groups excluding tert-OH is 1. The maximum atomic E-state index is 12.5. The Kier molecular flexibility index (Phi) is 5.14. The minimum atomic E-state index is -0.390. The summed E-state index contributed by atoms with van der Waals surface area (Å²) in [4.78, 5) is 20.9. The van der Waals surface area contributed by atoms with Gasteiger partial charge in [-0.3, -0.25) is 4.79 Å². The van der Waals surface area contributed by atoms with E-state index in [2.05, 4.69) is 4.98 Å². The Morgan fingerprint density at radius 1 is 1.43 bits per heavy atom. The van der Waals surface area contributed by atoms with Crippen LogP contribution in [0.3, 0.4) is 0 Å². The molecule has 0 bridgehead atoms. The van der Waals surface area contributed by atoms with E-state index in [1.165, 1.54) is 0 Å². The molecule has 0 saturated carbocycles. The van der Waals surface area contributed by atoms with Gasteiger partial charge in [0.2, 0.25) is 5.91 Å². The van der Waals surface area contributed by atoms with E-state index < -0.39 is 6.10 Å². The van der Waals surface area contributed by atoms with Crippen LogP contribution in [0.4, 0.5) is 0 Å². The highest BCUT2D eigenvalue weighted by molar-refractivity contribution is 7.11. The molecule has 0 spiro atoms. The van der Waals surface area contributed by atoms with Crippen molar-refractivity contribution in [2.24, 2.45) is 5.92 Å². The lowest BCUT2D eigenvalue weighted by Gasteiger charge is -2.34. The minimum absolute atomic E-state index is 0.181. The fraction of sp³-hybridized carbons (Fsp3) is 0.529. The van der Waals surface area contributed by atoms with Crippen LogP contribution in [-0.4, -0.2) is 34.0 Å². The minimum Gasteiger partial charge on any atom is -0.387 e. The third kappa shape index (κ3) is 3.82. The van der Waals surface area contributed by atoms with Crippen molar-refractivity contribution in [3.63, 3.8) is 0 Å². The summed E-state index contributed by atoms with van der Waals surface area (Å²) in [6.45, 7) is 5.42. The Labute approximate surface area is 144 Å². The Morgan fingerprint density at radius 3 is 2.74 bits per heavy atom. The summed E-state index contributed by atoms with van der Waals surface area (Å²) in [6, 6.07) is 3.96. The molecule has 1 fully saturated rings. The van der Waals surface area contributed by atoms with E-state index in [1.807, 2.05) is 36.3 Å². The van der Waals surface area contributed by atoms with Gasteiger partial charge in [-0.05, 0) is 44.1 Å². The van der Waals surface area contributed by atoms with E-state index in [0.717, 1.165) is 46.4 Å². The highest BCUT2D eigenvalue weighted by atomic mass is 32.1. The molecule has 1 aliphatic rings. The number of piperidine rings is 1. The molecule has 1 unspecified atom stereocenters. The van der Waals surface area contributed by atoms with Crippen LogP contribution in [0.15, 0.2) is 17.5 Å². The molecule has 3 heterocycles. The summed E-state index contributed by atoms with van der Waals surface area (Å²) in [6.07, 6.45) is 1.80. The van der Waals surface area contributed by atoms with E-state index in [1.54, 1.807) is 22.7 Å². The molecule has 0 aromatic carbocycles. The van der Waals surface area contributed by atoms with Crippen LogP contribution in [0, 0.1) is 19.8 Å². The van der Waals surface area contributed by atoms with Crippen LogP contribution in [0.25, 0.3) is 0 Å². The molecule has 1 saturated heterocycles. The maximum Gasteiger partial charge on any atom is 0.227 e. The van der Waals surface area contributed by atoms with Crippen molar-refractivity contribution >= 4 is 28.6 Å². The predicted molar refractivity (Wildman–Crippen MR) is 93.9 cm³/mol. The lowest BCUT2D eigenvalue weighted by molar-refractivity contribution is -0.132. The molecule has 0 radical (unpaired) electrons. The van der Waals surface area contributed by atoms with Crippen LogP contribution in [0.5, 0.6) is 0 Å². The van der Waals surface area contributed by atoms with Gasteiger partial charge in [0.05, 0.1) is 23.2 Å². The molecule has 1 atom stereocenters. The molecule has 6 heteroatoms. The van der Waals surface area contributed by atoms with Crippen molar-refractivity contribution in [1.29, 1.82) is 0 Å². The number of thiophene rings is 1. The molecule has 23 heavy (non-hydrogen) atoms. The first-order valence-corrected chi connectivity index (χ1v) is 9.66. The summed E-state index contributed by atoms with van der Waals surface area (Å²) in [5.74, 6) is 0.436. The largest absolute Gasteiger partial charge is 0.387 e. The molecule has 1 amide bonds. The van der Waals surface area contributed by atoms with Crippen LogP contribution < -0.4 is 0 Å². The van der Waals surface area contributed by atoms with Crippen molar-refractivity contribution < 1.29 is 9.90 Å². The van der Waals surface area contributed by atoms with Gasteiger partial charge in [-0.25, -0.2) is 4.98 Å². The number of carbonyl (C=O) groups is 1. The highest BCUT2D eigenvalue weighted by Crippen LogP contribution is 2.33. The van der Waals surface area contributed by atoms with Gasteiger partial charge in [-0.15, -0.1) is 22.7 Å². The van der Waals surface area contributed by atoms with Crippen molar-refractivity contribution in [2.45, 2.75) is 39.2 Å². The average molecular weight is 351 g/mol. The summed E-state index contributed by atoms with van der Waals surface area (Å²) in [5, 5.41) is 13.4. The molecule has 1 aliphatic heterocycles. The fourth-order valence-electron chi connectivity index (χ4n) is 3.14. The summed E-state index contributed by atoms with van der Waals surface area (Å²) in [5.41, 5.74) is 0.976. The fourth-order valence-corrected chi connectivity index (χ4v) is 4.87. The number of aromatic nitrogens is 1. The molecule has 1 N–H and O–H groups in total. The lowest BCUT2D eigenvalue weighted by Crippen LogP contribution is -2.40. The zero-order chi connectivity index (χ0) is 16.4. The Bertz CT molecular complexity index is 658. The van der Waals surface area contributed by atoms with Crippen LogP contribution >= 0.6 is 22.7 Å². The van der Waals surface area contributed by atoms with Gasteiger partial charge < -0.3 is 10.0 Å². The third-order valence-electron chi connectivity index (χ3n) is 4.48. The zero-order valence-electron chi connectivity index (χ0n) is 13.5. The van der Waals surface area contributed by atoms with Gasteiger partial charge in [0.15, 0.2) is 0 Å². The summed E-state index contributed by atoms with van der Waals surface area (Å²) >= 11 is 3.21. The van der Waals surface area contributed by atoms with E-state index >= 15 is 0 Å². The number of hydrogen-bond acceptors (Lipinski definition) is 5. The summed E-state index contributed by atoms with van der Waals surface area (Å²) < 4.78 is 0. The van der Waals surface area contributed by atoms with Crippen LogP contribution in [-0.2, 0) is 11.2 Å². The number of likely N-dealkylation sites (tertiary alicyclic amines) is 1. The third-order valence-corrected chi connectivity index (χ3v) is 6.50. The molecule has 4 nitrogen and oxygen atoms in total. The number of amides is 1. The van der Waals surface area contributed by atoms with Crippen molar-refractivity contribution in [3.8, 4) is 0 Å². The van der Waals surface area contributed by atoms with Crippen molar-refractivity contribution in [3.05, 3.63) is 38.0 Å². The standard InChI is InChI=1S/C17H22N2O2S2/c1-11-15(23-12(2)18-11)10-16(20)19-7-5-13(6-8-19)17(21)14-4-3-9-22-14/h3-4,9,13,17,21H,5-8,10H2,1-2H3. The number of carbonyl (C=O) groups excluding carboxylic acids is 1. The smallest absolute Gasteiger partial charge is 0.227 e. The van der Waals surface area contributed by atoms with Gasteiger partial charge >= 0.3 is 0 Å². The van der Waals surface area contributed by atoms with E-state index in [9.17, 15) is 9.90 Å². The summed E-state index contributed by atoms with van der Waals surface area (Å²) in [7, 11) is 0. The van der Waals surface area contributed by atoms with Crippen molar-refractivity contribution in [2.75, 3.05) is 13.1 Å². The monoisotopic (exact) mass is 350 g/mol. The molecule has 124 valence electrons. The molecular weight excluding hydrogens is 328 g/mol. The van der Waals surface area contributed by atoms with Gasteiger partial charge in [0.25, 0.3) is 0 Å². The number of nitrogens with zero attached hydrogens (tertiary/aromatic N) is 2.